The Morgan fingerprint density at radius 1 is 0.640 bits per heavy atom. The molecule has 0 rings (SSSR count). The normalized spacial score (nSPS) is 5.32. The molecular weight excluding hydrogens is 300 g/mol. The fraction of sp³-hybridized carbons (Fsp3) is 0.600. The summed E-state index contributed by atoms with van der Waals surface area (Å²) in [5.74, 6) is 0. The second-order valence-corrected chi connectivity index (χ2v) is 2.30. The summed E-state index contributed by atoms with van der Waals surface area (Å²) >= 11 is 0. The third kappa shape index (κ3) is 440. The lowest BCUT2D eigenvalue weighted by Gasteiger charge is -1.82. The number of rotatable bonds is 3. The van der Waals surface area contributed by atoms with Crippen LogP contribution in [0.5, 0.6) is 0 Å². The third-order valence-electron chi connectivity index (χ3n) is 0.830. The topological polar surface area (TPSA) is 0 Å². The van der Waals surface area contributed by atoms with E-state index in [1.807, 2.05) is 75.3 Å². The van der Waals surface area contributed by atoms with E-state index in [4.69, 9.17) is 0 Å². The van der Waals surface area contributed by atoms with Gasteiger partial charge in [-0.25, -0.2) is 0 Å². The number of hydrogen-bond acceptors (Lipinski definition) is 0. The van der Waals surface area contributed by atoms with E-state index in [0.717, 1.165) is 12.0 Å². The smallest absolute Gasteiger partial charge is 0.0338 e. The first kappa shape index (κ1) is 56.5. The van der Waals surface area contributed by atoms with Gasteiger partial charge in [0.05, 0.1) is 0 Å². The molecule has 158 valence electrons. The van der Waals surface area contributed by atoms with Gasteiger partial charge in [0.15, 0.2) is 0 Å². The van der Waals surface area contributed by atoms with Gasteiger partial charge >= 0.3 is 0 Å². The van der Waals surface area contributed by atoms with Gasteiger partial charge in [0, 0.05) is 0 Å². The van der Waals surface area contributed by atoms with E-state index in [1.54, 1.807) is 6.08 Å². The van der Waals surface area contributed by atoms with Crippen molar-refractivity contribution in [2.24, 2.45) is 0 Å². The second-order valence-electron chi connectivity index (χ2n) is 2.30. The highest BCUT2D eigenvalue weighted by Gasteiger charge is 1.72. The van der Waals surface area contributed by atoms with E-state index < -0.39 is 0 Å². The molecular formula is C25H58. The molecule has 0 amide bonds. The Hall–Kier alpha value is -1.30. The molecule has 0 aliphatic rings. The Bertz CT molecular complexity index is 138. The minimum absolute atomic E-state index is 0.979. The van der Waals surface area contributed by atoms with Crippen LogP contribution in [0.1, 0.15) is 103 Å². The van der Waals surface area contributed by atoms with E-state index in [2.05, 4.69) is 66.3 Å². The number of hydrogen-bond donors (Lipinski definition) is 0. The number of allylic oxidation sites excluding steroid dienone is 4. The van der Waals surface area contributed by atoms with Gasteiger partial charge in [0.1, 0.15) is 0 Å². The van der Waals surface area contributed by atoms with Crippen LogP contribution in [0.4, 0.5) is 0 Å². The fourth-order valence-corrected chi connectivity index (χ4v) is 0.337. The van der Waals surface area contributed by atoms with Crippen molar-refractivity contribution in [1.82, 2.24) is 0 Å². The van der Waals surface area contributed by atoms with Gasteiger partial charge in [-0.15, -0.1) is 26.3 Å². The quantitative estimate of drug-likeness (QED) is 0.347. The molecule has 0 radical (unpaired) electrons. The van der Waals surface area contributed by atoms with Crippen LogP contribution in [0.3, 0.4) is 0 Å². The lowest BCUT2D eigenvalue weighted by molar-refractivity contribution is 1.09. The zero-order chi connectivity index (χ0) is 23.1. The van der Waals surface area contributed by atoms with Crippen LogP contribution in [0.15, 0.2) is 63.3 Å². The van der Waals surface area contributed by atoms with Gasteiger partial charge < -0.3 is 0 Å². The van der Waals surface area contributed by atoms with E-state index in [1.165, 1.54) is 6.42 Å². The molecule has 0 bridgehead atoms. The second kappa shape index (κ2) is 238. The summed E-state index contributed by atoms with van der Waals surface area (Å²) in [6.45, 7) is 45.6. The van der Waals surface area contributed by atoms with Crippen molar-refractivity contribution in [1.29, 1.82) is 0 Å². The molecule has 0 nitrogen and oxygen atoms in total. The summed E-state index contributed by atoms with van der Waals surface area (Å²) in [5.41, 5.74) is 0.979. The Morgan fingerprint density at radius 2 is 0.840 bits per heavy atom. The predicted molar refractivity (Wildman–Crippen MR) is 134 cm³/mol. The molecule has 0 N–H and O–H groups in total. The van der Waals surface area contributed by atoms with Crippen LogP contribution < -0.4 is 0 Å². The first-order valence-corrected chi connectivity index (χ1v) is 10.2. The van der Waals surface area contributed by atoms with Crippen molar-refractivity contribution < 1.29 is 0 Å². The molecule has 0 spiro atoms. The minimum Gasteiger partial charge on any atom is -0.106 e. The standard InChI is InChI=1S/C8H12.C3H8.5C2H6.2C2H4/c1-4-6-7-8(3)5-2;1-3-2;7*1-2/h5-7H,2-4H2,1H3;3H2,1-2H3;5*1-2H3;2*1-2H2/b7-6-;;;;;;;;. The van der Waals surface area contributed by atoms with Crippen molar-refractivity contribution in [3.63, 3.8) is 0 Å². The molecule has 0 saturated carbocycles. The van der Waals surface area contributed by atoms with Crippen LogP contribution in [0.2, 0.25) is 0 Å². The van der Waals surface area contributed by atoms with E-state index >= 15 is 0 Å². The van der Waals surface area contributed by atoms with Crippen molar-refractivity contribution >= 4 is 0 Å². The van der Waals surface area contributed by atoms with E-state index in [9.17, 15) is 0 Å². The predicted octanol–water partition coefficient (Wildman–Crippen LogP) is 10.8. The van der Waals surface area contributed by atoms with E-state index in [-0.39, 0.29) is 0 Å². The first-order chi connectivity index (χ1) is 12.2. The summed E-state index contributed by atoms with van der Waals surface area (Å²) in [4.78, 5) is 0. The Labute approximate surface area is 166 Å². The van der Waals surface area contributed by atoms with Gasteiger partial charge in [-0.2, -0.15) is 0 Å². The highest BCUT2D eigenvalue weighted by Crippen LogP contribution is 1.93. The van der Waals surface area contributed by atoms with Crippen LogP contribution in [0, 0.1) is 0 Å². The Kier molecular flexibility index (Phi) is 538. The molecule has 0 unspecified atom stereocenters. The van der Waals surface area contributed by atoms with Gasteiger partial charge in [-0.05, 0) is 12.0 Å². The first-order valence-electron chi connectivity index (χ1n) is 10.2. The van der Waals surface area contributed by atoms with Gasteiger partial charge in [0.2, 0.25) is 0 Å². The molecule has 25 heavy (non-hydrogen) atoms. The van der Waals surface area contributed by atoms with Crippen LogP contribution in [-0.4, -0.2) is 0 Å². The Balaban J connectivity index is -0.0000000184. The average Bonchev–Trinajstić information content (AvgIpc) is 2.77. The average molecular weight is 359 g/mol. The summed E-state index contributed by atoms with van der Waals surface area (Å²) in [5, 5.41) is 0. The fourth-order valence-electron chi connectivity index (χ4n) is 0.337. The van der Waals surface area contributed by atoms with Crippen molar-refractivity contribution in [2.75, 3.05) is 0 Å². The van der Waals surface area contributed by atoms with Crippen molar-refractivity contribution in [3.8, 4) is 0 Å². The van der Waals surface area contributed by atoms with Gasteiger partial charge in [0.25, 0.3) is 0 Å². The molecule has 0 saturated heterocycles. The monoisotopic (exact) mass is 358 g/mol. The molecule has 0 aliphatic heterocycles. The molecule has 0 aromatic rings. The lowest BCUT2D eigenvalue weighted by atomic mass is 10.2. The maximum absolute atomic E-state index is 3.71. The molecule has 0 heteroatoms. The van der Waals surface area contributed by atoms with Crippen molar-refractivity contribution in [2.45, 2.75) is 103 Å². The van der Waals surface area contributed by atoms with Gasteiger partial charge in [-0.1, -0.05) is 128 Å². The zero-order valence-electron chi connectivity index (χ0n) is 20.9. The highest BCUT2D eigenvalue weighted by atomic mass is 13.8. The summed E-state index contributed by atoms with van der Waals surface area (Å²) in [6.07, 6.45) is 8.08. The van der Waals surface area contributed by atoms with Gasteiger partial charge in [-0.3, -0.25) is 0 Å². The molecule has 0 aromatic carbocycles. The van der Waals surface area contributed by atoms with E-state index in [0.29, 0.717) is 0 Å². The minimum atomic E-state index is 0.979. The maximum atomic E-state index is 3.71. The zero-order valence-corrected chi connectivity index (χ0v) is 20.9. The highest BCUT2D eigenvalue weighted by molar-refractivity contribution is 5.24. The molecule has 0 fully saturated rings. The van der Waals surface area contributed by atoms with Crippen molar-refractivity contribution in [3.05, 3.63) is 63.3 Å². The summed E-state index contributed by atoms with van der Waals surface area (Å²) in [6, 6.07) is 0. The largest absolute Gasteiger partial charge is 0.106 e. The molecule has 0 heterocycles. The molecule has 0 aliphatic carbocycles. The third-order valence-corrected chi connectivity index (χ3v) is 0.830. The lowest BCUT2D eigenvalue weighted by Crippen LogP contribution is -1.61. The van der Waals surface area contributed by atoms with Crippen LogP contribution in [-0.2, 0) is 0 Å². The SMILES string of the molecule is C=C.C=C.C=CC(=C)/C=C\CC.CC.CC.CC.CC.CC.CCC. The Morgan fingerprint density at radius 3 is 0.960 bits per heavy atom. The van der Waals surface area contributed by atoms with Crippen LogP contribution >= 0.6 is 0 Å². The molecule has 0 atom stereocenters. The maximum Gasteiger partial charge on any atom is -0.0338 e. The summed E-state index contributed by atoms with van der Waals surface area (Å²) in [7, 11) is 0. The summed E-state index contributed by atoms with van der Waals surface area (Å²) < 4.78 is 0. The molecule has 0 aromatic heterocycles. The van der Waals surface area contributed by atoms with Crippen LogP contribution in [0.25, 0.3) is 0 Å².